The highest BCUT2D eigenvalue weighted by molar-refractivity contribution is 6.06. The van der Waals surface area contributed by atoms with Crippen molar-refractivity contribution in [1.82, 2.24) is 4.98 Å². The third-order valence-electron chi connectivity index (χ3n) is 3.63. The molecule has 0 amide bonds. The van der Waals surface area contributed by atoms with Crippen molar-refractivity contribution < 1.29 is 24.5 Å². The highest BCUT2D eigenvalue weighted by Gasteiger charge is 2.29. The normalized spacial score (nSPS) is 17.6. The first-order valence-electron chi connectivity index (χ1n) is 6.26. The zero-order valence-electron chi connectivity index (χ0n) is 10.8. The first-order valence-corrected chi connectivity index (χ1v) is 6.26. The Morgan fingerprint density at radius 2 is 2.10 bits per heavy atom. The van der Waals surface area contributed by atoms with Crippen LogP contribution >= 0.6 is 0 Å². The highest BCUT2D eigenvalue weighted by Crippen LogP contribution is 2.36. The predicted molar refractivity (Wildman–Crippen MR) is 70.4 cm³/mol. The Labute approximate surface area is 114 Å². The summed E-state index contributed by atoms with van der Waals surface area (Å²) in [5, 5.41) is 19.0. The van der Waals surface area contributed by atoms with Crippen LogP contribution in [-0.2, 0) is 11.2 Å². The van der Waals surface area contributed by atoms with Crippen LogP contribution in [0.2, 0.25) is 0 Å². The van der Waals surface area contributed by atoms with Crippen molar-refractivity contribution in [3.8, 4) is 5.75 Å². The fourth-order valence-corrected chi connectivity index (χ4v) is 2.76. The van der Waals surface area contributed by atoms with Crippen LogP contribution in [0.1, 0.15) is 28.0 Å². The minimum absolute atomic E-state index is 0.231. The molecule has 1 aliphatic heterocycles. The monoisotopic (exact) mass is 275 g/mol. The lowest BCUT2D eigenvalue weighted by Gasteiger charge is -2.23. The van der Waals surface area contributed by atoms with Gasteiger partial charge in [0, 0.05) is 22.2 Å². The number of rotatable bonds is 2. The maximum atomic E-state index is 11.4. The Hall–Kier alpha value is -2.50. The van der Waals surface area contributed by atoms with Gasteiger partial charge in [0.25, 0.3) is 0 Å². The second-order valence-corrected chi connectivity index (χ2v) is 4.88. The Morgan fingerprint density at radius 1 is 1.35 bits per heavy atom. The fraction of sp³-hybridized carbons (Fsp3) is 0.286. The first-order chi connectivity index (χ1) is 9.49. The second-order valence-electron chi connectivity index (χ2n) is 4.88. The van der Waals surface area contributed by atoms with Crippen LogP contribution in [0.15, 0.2) is 12.1 Å². The Morgan fingerprint density at radius 3 is 2.75 bits per heavy atom. The highest BCUT2D eigenvalue weighted by atomic mass is 16.5. The number of carboxylic acid groups (broad SMARTS) is 2. The Bertz CT molecular complexity index is 731. The molecule has 0 spiro atoms. The van der Waals surface area contributed by atoms with E-state index in [0.29, 0.717) is 29.7 Å². The van der Waals surface area contributed by atoms with Gasteiger partial charge in [-0.1, -0.05) is 0 Å². The van der Waals surface area contributed by atoms with Crippen LogP contribution in [0.3, 0.4) is 0 Å². The molecule has 6 nitrogen and oxygen atoms in total. The van der Waals surface area contributed by atoms with Gasteiger partial charge in [0.2, 0.25) is 0 Å². The number of aromatic carboxylic acids is 1. The topological polar surface area (TPSA) is 99.6 Å². The van der Waals surface area contributed by atoms with Crippen molar-refractivity contribution in [3.63, 3.8) is 0 Å². The first kappa shape index (κ1) is 12.5. The minimum atomic E-state index is -1.00. The summed E-state index contributed by atoms with van der Waals surface area (Å²) in [6.07, 6.45) is -0.0420. The molecule has 1 aliphatic rings. The smallest absolute Gasteiger partial charge is 0.344 e. The van der Waals surface area contributed by atoms with Gasteiger partial charge in [-0.05, 0) is 31.9 Å². The average molecular weight is 275 g/mol. The van der Waals surface area contributed by atoms with E-state index < -0.39 is 18.0 Å². The van der Waals surface area contributed by atoms with E-state index >= 15 is 0 Å². The van der Waals surface area contributed by atoms with Gasteiger partial charge >= 0.3 is 11.9 Å². The van der Waals surface area contributed by atoms with Crippen LogP contribution in [0.5, 0.6) is 5.75 Å². The van der Waals surface area contributed by atoms with Crippen LogP contribution < -0.4 is 4.74 Å². The minimum Gasteiger partial charge on any atom is -0.479 e. The van der Waals surface area contributed by atoms with Gasteiger partial charge in [-0.25, -0.2) is 9.59 Å². The lowest BCUT2D eigenvalue weighted by Crippen LogP contribution is -2.30. The number of carboxylic acids is 2. The molecule has 3 N–H and O–H groups in total. The van der Waals surface area contributed by atoms with Crippen molar-refractivity contribution >= 4 is 22.8 Å². The van der Waals surface area contributed by atoms with Gasteiger partial charge in [-0.15, -0.1) is 0 Å². The van der Waals surface area contributed by atoms with Crippen LogP contribution in [0.4, 0.5) is 0 Å². The summed E-state index contributed by atoms with van der Waals surface area (Å²) in [7, 11) is 0. The molecule has 0 aliphatic carbocycles. The molecule has 1 aromatic heterocycles. The van der Waals surface area contributed by atoms with Crippen molar-refractivity contribution in [2.45, 2.75) is 25.9 Å². The summed E-state index contributed by atoms with van der Waals surface area (Å²) >= 11 is 0. The molecule has 2 aromatic rings. The van der Waals surface area contributed by atoms with E-state index in [2.05, 4.69) is 4.98 Å². The van der Waals surface area contributed by atoms with Gasteiger partial charge in [0.1, 0.15) is 5.75 Å². The molecule has 1 unspecified atom stereocenters. The quantitative estimate of drug-likeness (QED) is 0.778. The number of aromatic nitrogens is 1. The van der Waals surface area contributed by atoms with E-state index in [1.165, 1.54) is 0 Å². The van der Waals surface area contributed by atoms with Crippen molar-refractivity contribution in [3.05, 3.63) is 29.0 Å². The van der Waals surface area contributed by atoms with Gasteiger partial charge in [0.05, 0.1) is 5.56 Å². The number of ether oxygens (including phenoxy) is 1. The molecular weight excluding hydrogens is 262 g/mol. The lowest BCUT2D eigenvalue weighted by atomic mass is 9.96. The van der Waals surface area contributed by atoms with Crippen molar-refractivity contribution in [2.75, 3.05) is 0 Å². The van der Waals surface area contributed by atoms with E-state index in [4.69, 9.17) is 9.84 Å². The van der Waals surface area contributed by atoms with Crippen LogP contribution in [-0.4, -0.2) is 33.2 Å². The third-order valence-corrected chi connectivity index (χ3v) is 3.63. The number of nitrogens with one attached hydrogen (secondary N) is 1. The van der Waals surface area contributed by atoms with E-state index in [9.17, 15) is 14.7 Å². The lowest BCUT2D eigenvalue weighted by molar-refractivity contribution is -0.145. The van der Waals surface area contributed by atoms with E-state index in [1.54, 1.807) is 19.1 Å². The van der Waals surface area contributed by atoms with E-state index in [0.717, 1.165) is 11.1 Å². The van der Waals surface area contributed by atoms with Crippen LogP contribution in [0.25, 0.3) is 10.9 Å². The summed E-state index contributed by atoms with van der Waals surface area (Å²) in [5.41, 5.74) is 2.31. The van der Waals surface area contributed by atoms with E-state index in [-0.39, 0.29) is 5.56 Å². The molecule has 104 valence electrons. The number of carbonyl (C=O) groups is 2. The fourth-order valence-electron chi connectivity index (χ4n) is 2.76. The molecule has 0 radical (unpaired) electrons. The number of hydrogen-bond acceptors (Lipinski definition) is 3. The van der Waals surface area contributed by atoms with Gasteiger partial charge in [0.15, 0.2) is 6.10 Å². The molecule has 1 aromatic carbocycles. The SMILES string of the molecule is Cc1[nH]c2ccc3c(c2c1C(=O)O)CCC(C(=O)O)O3. The molecule has 0 bridgehead atoms. The summed E-state index contributed by atoms with van der Waals surface area (Å²) < 4.78 is 5.44. The molecular formula is C14H13NO5. The molecule has 6 heteroatoms. The largest absolute Gasteiger partial charge is 0.479 e. The van der Waals surface area contributed by atoms with E-state index in [1.807, 2.05) is 0 Å². The second kappa shape index (κ2) is 4.26. The zero-order chi connectivity index (χ0) is 14.4. The van der Waals surface area contributed by atoms with Gasteiger partial charge < -0.3 is 19.9 Å². The van der Waals surface area contributed by atoms with Crippen LogP contribution in [0, 0.1) is 6.92 Å². The number of fused-ring (bicyclic) bond motifs is 3. The summed E-state index contributed by atoms with van der Waals surface area (Å²) in [4.78, 5) is 25.4. The van der Waals surface area contributed by atoms with Crippen molar-refractivity contribution in [2.24, 2.45) is 0 Å². The van der Waals surface area contributed by atoms with Crippen molar-refractivity contribution in [1.29, 1.82) is 0 Å². The molecule has 1 atom stereocenters. The number of hydrogen-bond donors (Lipinski definition) is 3. The summed E-state index contributed by atoms with van der Waals surface area (Å²) in [5.74, 6) is -1.54. The number of aromatic amines is 1. The molecule has 20 heavy (non-hydrogen) atoms. The summed E-state index contributed by atoms with van der Waals surface area (Å²) in [6, 6.07) is 3.41. The molecule has 0 fully saturated rings. The number of H-pyrrole nitrogens is 1. The number of aliphatic carboxylic acids is 1. The van der Waals surface area contributed by atoms with Gasteiger partial charge in [-0.3, -0.25) is 0 Å². The zero-order valence-corrected chi connectivity index (χ0v) is 10.8. The summed E-state index contributed by atoms with van der Waals surface area (Å²) in [6.45, 7) is 1.71. The Balaban J connectivity index is 2.21. The molecule has 2 heterocycles. The number of aryl methyl sites for hydroxylation is 2. The molecule has 0 saturated heterocycles. The van der Waals surface area contributed by atoms with Gasteiger partial charge in [-0.2, -0.15) is 0 Å². The third kappa shape index (κ3) is 1.72. The maximum absolute atomic E-state index is 11.4. The number of benzene rings is 1. The standard InChI is InChI=1S/C14H13NO5/c1-6-11(14(18)19)12-7-2-4-10(13(16)17)20-9(7)5-3-8(12)15-6/h3,5,10,15H,2,4H2,1H3,(H,16,17)(H,18,19). The Kier molecular flexibility index (Phi) is 2.67. The average Bonchev–Trinajstić information content (AvgIpc) is 2.74. The molecule has 0 saturated carbocycles. The maximum Gasteiger partial charge on any atom is 0.344 e. The predicted octanol–water partition coefficient (Wildman–Crippen LogP) is 1.95. The molecule has 3 rings (SSSR count).